The summed E-state index contributed by atoms with van der Waals surface area (Å²) in [7, 11) is 1.79. The molecule has 0 aliphatic heterocycles. The van der Waals surface area contributed by atoms with Gasteiger partial charge in [-0.1, -0.05) is 0 Å². The Morgan fingerprint density at radius 1 is 1.50 bits per heavy atom. The highest BCUT2D eigenvalue weighted by atomic mass is 19.4. The molecule has 1 aromatic heterocycles. The average Bonchev–Trinajstić information content (AvgIpc) is 2.38. The molecule has 1 heterocycles. The van der Waals surface area contributed by atoms with Gasteiger partial charge in [-0.05, 0) is 13.8 Å². The molecule has 0 aliphatic carbocycles. The maximum atomic E-state index is 12.1. The monoisotopic (exact) mass is 235 g/mol. The van der Waals surface area contributed by atoms with E-state index in [1.165, 1.54) is 6.92 Å². The van der Waals surface area contributed by atoms with Crippen LogP contribution in [0, 0.1) is 6.92 Å². The molecule has 1 unspecified atom stereocenters. The van der Waals surface area contributed by atoms with Crippen molar-refractivity contribution in [3.8, 4) is 0 Å². The molecule has 16 heavy (non-hydrogen) atoms. The summed E-state index contributed by atoms with van der Waals surface area (Å²) in [6, 6.07) is -0.584. The van der Waals surface area contributed by atoms with Gasteiger partial charge >= 0.3 is 6.18 Å². The number of halogens is 3. The van der Waals surface area contributed by atoms with Crippen molar-refractivity contribution in [2.75, 3.05) is 0 Å². The fourth-order valence-corrected chi connectivity index (χ4v) is 1.53. The standard InChI is InChI=1S/C10H16F3N3/c1-7(4-10(11,12)13)14-5-9-6-16(3)15-8(9)2/h6-7,14H,4-5H2,1-3H3. The second kappa shape index (κ2) is 4.86. The van der Waals surface area contributed by atoms with Gasteiger partial charge in [0.1, 0.15) is 0 Å². The smallest absolute Gasteiger partial charge is 0.310 e. The Morgan fingerprint density at radius 3 is 2.56 bits per heavy atom. The minimum atomic E-state index is -4.11. The minimum absolute atomic E-state index is 0.414. The molecule has 1 aromatic rings. The van der Waals surface area contributed by atoms with E-state index in [1.807, 2.05) is 13.1 Å². The van der Waals surface area contributed by atoms with Gasteiger partial charge in [0.15, 0.2) is 0 Å². The Labute approximate surface area is 92.6 Å². The quantitative estimate of drug-likeness (QED) is 0.866. The highest BCUT2D eigenvalue weighted by Gasteiger charge is 2.29. The van der Waals surface area contributed by atoms with E-state index in [2.05, 4.69) is 10.4 Å². The first-order chi connectivity index (χ1) is 7.28. The molecule has 0 amide bonds. The fraction of sp³-hybridized carbons (Fsp3) is 0.700. The van der Waals surface area contributed by atoms with E-state index in [0.29, 0.717) is 6.54 Å². The number of rotatable bonds is 4. The summed E-state index contributed by atoms with van der Waals surface area (Å²) in [5, 5.41) is 6.95. The summed E-state index contributed by atoms with van der Waals surface area (Å²) >= 11 is 0. The number of aromatic nitrogens is 2. The van der Waals surface area contributed by atoms with Crippen LogP contribution in [0.4, 0.5) is 13.2 Å². The summed E-state index contributed by atoms with van der Waals surface area (Å²) < 4.78 is 37.8. The van der Waals surface area contributed by atoms with Crippen molar-refractivity contribution in [3.63, 3.8) is 0 Å². The van der Waals surface area contributed by atoms with Gasteiger partial charge in [-0.3, -0.25) is 4.68 Å². The number of nitrogens with zero attached hydrogens (tertiary/aromatic N) is 2. The molecule has 0 aliphatic rings. The number of hydrogen-bond acceptors (Lipinski definition) is 2. The van der Waals surface area contributed by atoms with Gasteiger partial charge in [0.05, 0.1) is 12.1 Å². The van der Waals surface area contributed by atoms with Crippen molar-refractivity contribution in [3.05, 3.63) is 17.5 Å². The van der Waals surface area contributed by atoms with Gasteiger partial charge in [0.25, 0.3) is 0 Å². The first-order valence-corrected chi connectivity index (χ1v) is 5.07. The van der Waals surface area contributed by atoms with Crippen molar-refractivity contribution in [2.24, 2.45) is 7.05 Å². The van der Waals surface area contributed by atoms with Gasteiger partial charge in [0, 0.05) is 31.4 Å². The van der Waals surface area contributed by atoms with Crippen molar-refractivity contribution in [1.29, 1.82) is 0 Å². The molecule has 0 radical (unpaired) electrons. The number of alkyl halides is 3. The minimum Gasteiger partial charge on any atom is -0.310 e. The Hall–Kier alpha value is -1.04. The van der Waals surface area contributed by atoms with Gasteiger partial charge in [-0.15, -0.1) is 0 Å². The Bertz CT molecular complexity index is 344. The van der Waals surface area contributed by atoms with Crippen molar-refractivity contribution in [2.45, 2.75) is 39.0 Å². The van der Waals surface area contributed by atoms with E-state index in [1.54, 1.807) is 11.7 Å². The lowest BCUT2D eigenvalue weighted by molar-refractivity contribution is -0.139. The first-order valence-electron chi connectivity index (χ1n) is 5.07. The molecule has 0 spiro atoms. The molecule has 1 rings (SSSR count). The lowest BCUT2D eigenvalue weighted by atomic mass is 10.2. The normalized spacial score (nSPS) is 14.1. The Balaban J connectivity index is 2.43. The van der Waals surface area contributed by atoms with Crippen LogP contribution in [-0.4, -0.2) is 22.0 Å². The van der Waals surface area contributed by atoms with Crippen LogP contribution in [0.3, 0.4) is 0 Å². The lowest BCUT2D eigenvalue weighted by Crippen LogP contribution is -2.30. The van der Waals surface area contributed by atoms with Crippen molar-refractivity contribution < 1.29 is 13.2 Å². The molecule has 0 saturated carbocycles. The van der Waals surface area contributed by atoms with Gasteiger partial charge in [0.2, 0.25) is 0 Å². The third-order valence-corrected chi connectivity index (χ3v) is 2.29. The summed E-state index contributed by atoms with van der Waals surface area (Å²) in [4.78, 5) is 0. The second-order valence-corrected chi connectivity index (χ2v) is 4.01. The van der Waals surface area contributed by atoms with E-state index in [9.17, 15) is 13.2 Å². The summed E-state index contributed by atoms with van der Waals surface area (Å²) in [6.07, 6.45) is -3.12. The molecule has 6 heteroatoms. The average molecular weight is 235 g/mol. The van der Waals surface area contributed by atoms with Gasteiger partial charge in [-0.25, -0.2) is 0 Å². The van der Waals surface area contributed by atoms with Crippen molar-refractivity contribution >= 4 is 0 Å². The SMILES string of the molecule is Cc1nn(C)cc1CNC(C)CC(F)(F)F. The van der Waals surface area contributed by atoms with Gasteiger partial charge in [-0.2, -0.15) is 18.3 Å². The van der Waals surface area contributed by atoms with E-state index in [4.69, 9.17) is 0 Å². The molecule has 3 nitrogen and oxygen atoms in total. The summed E-state index contributed by atoms with van der Waals surface area (Å²) in [6.45, 7) is 3.78. The molecule has 1 atom stereocenters. The molecular formula is C10H16F3N3. The van der Waals surface area contributed by atoms with Crippen LogP contribution < -0.4 is 5.32 Å². The zero-order valence-electron chi connectivity index (χ0n) is 9.60. The fourth-order valence-electron chi connectivity index (χ4n) is 1.53. The Morgan fingerprint density at radius 2 is 2.12 bits per heavy atom. The maximum Gasteiger partial charge on any atom is 0.390 e. The van der Waals surface area contributed by atoms with E-state index in [-0.39, 0.29) is 0 Å². The third-order valence-electron chi connectivity index (χ3n) is 2.29. The van der Waals surface area contributed by atoms with Crippen LogP contribution >= 0.6 is 0 Å². The zero-order chi connectivity index (χ0) is 12.3. The van der Waals surface area contributed by atoms with Crippen LogP contribution in [0.2, 0.25) is 0 Å². The van der Waals surface area contributed by atoms with E-state index >= 15 is 0 Å². The van der Waals surface area contributed by atoms with E-state index < -0.39 is 18.6 Å². The predicted octanol–water partition coefficient (Wildman–Crippen LogP) is 2.16. The first kappa shape index (κ1) is 13.0. The number of nitrogens with one attached hydrogen (secondary N) is 1. The van der Waals surface area contributed by atoms with Crippen LogP contribution in [0.5, 0.6) is 0 Å². The number of aryl methyl sites for hydroxylation is 2. The summed E-state index contributed by atoms with van der Waals surface area (Å²) in [5.41, 5.74) is 1.77. The lowest BCUT2D eigenvalue weighted by Gasteiger charge is -2.15. The van der Waals surface area contributed by atoms with Crippen molar-refractivity contribution in [1.82, 2.24) is 15.1 Å². The predicted molar refractivity (Wildman–Crippen MR) is 54.9 cm³/mol. The largest absolute Gasteiger partial charge is 0.390 e. The molecule has 92 valence electrons. The topological polar surface area (TPSA) is 29.9 Å². The van der Waals surface area contributed by atoms with E-state index in [0.717, 1.165) is 11.3 Å². The second-order valence-electron chi connectivity index (χ2n) is 4.01. The molecule has 0 saturated heterocycles. The molecule has 1 N–H and O–H groups in total. The highest BCUT2D eigenvalue weighted by molar-refractivity contribution is 5.14. The number of hydrogen-bond donors (Lipinski definition) is 1. The van der Waals surface area contributed by atoms with Crippen LogP contribution in [-0.2, 0) is 13.6 Å². The van der Waals surface area contributed by atoms with Gasteiger partial charge < -0.3 is 5.32 Å². The molecule has 0 fully saturated rings. The van der Waals surface area contributed by atoms with Crippen LogP contribution in [0.25, 0.3) is 0 Å². The summed E-state index contributed by atoms with van der Waals surface area (Å²) in [5.74, 6) is 0. The third kappa shape index (κ3) is 4.22. The molecule has 0 bridgehead atoms. The van der Waals surface area contributed by atoms with Crippen LogP contribution in [0.1, 0.15) is 24.6 Å². The van der Waals surface area contributed by atoms with Crippen LogP contribution in [0.15, 0.2) is 6.20 Å². The highest BCUT2D eigenvalue weighted by Crippen LogP contribution is 2.21. The zero-order valence-corrected chi connectivity index (χ0v) is 9.60. The molecular weight excluding hydrogens is 219 g/mol. The Kier molecular flexibility index (Phi) is 3.96. The molecule has 0 aromatic carbocycles. The maximum absolute atomic E-state index is 12.1.